The molecule has 3 aromatic carbocycles. The molecule has 4 rings (SSSR count). The standard InChI is InChI=1S/C26H23NO4/c1-16-13-14-17(2)20(15-16)24(28)22-23(19-11-7-8-12-21(19)31-3)27(26(30)25(22)29)18-9-5-4-6-10-18/h4-15,23,28H,1-3H3/b24-22+. The van der Waals surface area contributed by atoms with Crippen LogP contribution in [0.15, 0.2) is 78.4 Å². The maximum absolute atomic E-state index is 13.2. The van der Waals surface area contributed by atoms with Gasteiger partial charge in [-0.25, -0.2) is 0 Å². The largest absolute Gasteiger partial charge is 0.507 e. The van der Waals surface area contributed by atoms with Crippen LogP contribution in [0.4, 0.5) is 5.69 Å². The van der Waals surface area contributed by atoms with Crippen LogP contribution in [-0.2, 0) is 9.59 Å². The first-order valence-electron chi connectivity index (χ1n) is 10.0. The molecule has 0 aliphatic carbocycles. The fourth-order valence-electron chi connectivity index (χ4n) is 4.01. The number of aliphatic hydroxyl groups is 1. The zero-order valence-corrected chi connectivity index (χ0v) is 17.6. The summed E-state index contributed by atoms with van der Waals surface area (Å²) in [6, 6.07) is 21.0. The fraction of sp³-hybridized carbons (Fsp3) is 0.154. The lowest BCUT2D eigenvalue weighted by atomic mass is 9.92. The van der Waals surface area contributed by atoms with Crippen molar-refractivity contribution in [3.8, 4) is 5.75 Å². The number of aryl methyl sites for hydroxylation is 2. The van der Waals surface area contributed by atoms with Gasteiger partial charge < -0.3 is 9.84 Å². The van der Waals surface area contributed by atoms with Crippen molar-refractivity contribution in [1.29, 1.82) is 0 Å². The van der Waals surface area contributed by atoms with E-state index in [1.165, 1.54) is 12.0 Å². The van der Waals surface area contributed by atoms with E-state index >= 15 is 0 Å². The van der Waals surface area contributed by atoms with Crippen molar-refractivity contribution in [3.05, 3.63) is 101 Å². The number of aliphatic hydroxyl groups excluding tert-OH is 1. The highest BCUT2D eigenvalue weighted by atomic mass is 16.5. The number of carbonyl (C=O) groups is 2. The summed E-state index contributed by atoms with van der Waals surface area (Å²) in [5.41, 5.74) is 3.53. The normalized spacial score (nSPS) is 17.8. The van der Waals surface area contributed by atoms with E-state index in [0.29, 0.717) is 22.6 Å². The number of ether oxygens (including phenoxy) is 1. The van der Waals surface area contributed by atoms with Crippen LogP contribution in [0.25, 0.3) is 5.76 Å². The van der Waals surface area contributed by atoms with Crippen LogP contribution in [0.5, 0.6) is 5.75 Å². The lowest BCUT2D eigenvalue weighted by Gasteiger charge is -2.26. The second kappa shape index (κ2) is 8.11. The Morgan fingerprint density at radius 2 is 1.61 bits per heavy atom. The first-order valence-corrected chi connectivity index (χ1v) is 10.0. The molecular formula is C26H23NO4. The molecule has 1 amide bonds. The van der Waals surface area contributed by atoms with E-state index in [1.54, 1.807) is 30.3 Å². The van der Waals surface area contributed by atoms with Crippen molar-refractivity contribution < 1.29 is 19.4 Å². The van der Waals surface area contributed by atoms with Crippen LogP contribution in [0.1, 0.15) is 28.3 Å². The van der Waals surface area contributed by atoms with Crippen LogP contribution in [0.3, 0.4) is 0 Å². The molecule has 1 unspecified atom stereocenters. The molecule has 31 heavy (non-hydrogen) atoms. The molecule has 0 spiro atoms. The molecule has 0 radical (unpaired) electrons. The van der Waals surface area contributed by atoms with Crippen LogP contribution < -0.4 is 9.64 Å². The molecule has 5 nitrogen and oxygen atoms in total. The molecule has 0 bridgehead atoms. The molecule has 0 saturated carbocycles. The van der Waals surface area contributed by atoms with Crippen LogP contribution >= 0.6 is 0 Å². The average molecular weight is 413 g/mol. The Bertz CT molecular complexity index is 1200. The van der Waals surface area contributed by atoms with Gasteiger partial charge in [0.15, 0.2) is 0 Å². The minimum Gasteiger partial charge on any atom is -0.507 e. The minimum atomic E-state index is -0.821. The number of Topliss-reactive ketones (excluding diaryl/α,β-unsaturated/α-hetero) is 1. The van der Waals surface area contributed by atoms with E-state index in [-0.39, 0.29) is 11.3 Å². The van der Waals surface area contributed by atoms with Gasteiger partial charge in [0.2, 0.25) is 0 Å². The highest BCUT2D eigenvalue weighted by Crippen LogP contribution is 2.45. The summed E-state index contributed by atoms with van der Waals surface area (Å²) in [4.78, 5) is 27.8. The number of carbonyl (C=O) groups excluding carboxylic acids is 2. The number of methoxy groups -OCH3 is 1. The second-order valence-electron chi connectivity index (χ2n) is 7.56. The maximum atomic E-state index is 13.2. The van der Waals surface area contributed by atoms with Crippen molar-refractivity contribution in [3.63, 3.8) is 0 Å². The summed E-state index contributed by atoms with van der Waals surface area (Å²) in [5, 5.41) is 11.3. The highest BCUT2D eigenvalue weighted by Gasteiger charge is 2.47. The van der Waals surface area contributed by atoms with Crippen molar-refractivity contribution in [2.24, 2.45) is 0 Å². The third-order valence-electron chi connectivity index (χ3n) is 5.56. The van der Waals surface area contributed by atoms with Gasteiger partial charge in [0.25, 0.3) is 11.7 Å². The number of rotatable bonds is 4. The number of nitrogens with zero attached hydrogens (tertiary/aromatic N) is 1. The van der Waals surface area contributed by atoms with Crippen molar-refractivity contribution >= 4 is 23.1 Å². The van der Waals surface area contributed by atoms with Crippen molar-refractivity contribution in [1.82, 2.24) is 0 Å². The Hall–Kier alpha value is -3.86. The zero-order chi connectivity index (χ0) is 22.1. The second-order valence-corrected chi connectivity index (χ2v) is 7.56. The number of para-hydroxylation sites is 2. The van der Waals surface area contributed by atoms with Gasteiger partial charge >= 0.3 is 0 Å². The molecule has 1 atom stereocenters. The van der Waals surface area contributed by atoms with Crippen LogP contribution in [0.2, 0.25) is 0 Å². The highest BCUT2D eigenvalue weighted by molar-refractivity contribution is 6.51. The topological polar surface area (TPSA) is 66.8 Å². The summed E-state index contributed by atoms with van der Waals surface area (Å²) in [7, 11) is 1.54. The molecule has 1 aliphatic heterocycles. The zero-order valence-electron chi connectivity index (χ0n) is 17.6. The van der Waals surface area contributed by atoms with Crippen LogP contribution in [0, 0.1) is 13.8 Å². The minimum absolute atomic E-state index is 0.0482. The number of hydrogen-bond acceptors (Lipinski definition) is 4. The Morgan fingerprint density at radius 3 is 2.32 bits per heavy atom. The molecule has 3 aromatic rings. The molecular weight excluding hydrogens is 390 g/mol. The lowest BCUT2D eigenvalue weighted by Crippen LogP contribution is -2.29. The van der Waals surface area contributed by atoms with Gasteiger partial charge in [0, 0.05) is 16.8 Å². The smallest absolute Gasteiger partial charge is 0.300 e. The van der Waals surface area contributed by atoms with Gasteiger partial charge in [-0.15, -0.1) is 0 Å². The Labute approximate surface area is 181 Å². The van der Waals surface area contributed by atoms with E-state index < -0.39 is 17.7 Å². The number of amides is 1. The van der Waals surface area contributed by atoms with Gasteiger partial charge in [-0.05, 0) is 43.7 Å². The number of benzene rings is 3. The van der Waals surface area contributed by atoms with E-state index in [4.69, 9.17) is 4.74 Å². The number of anilines is 1. The van der Waals surface area contributed by atoms with Crippen molar-refractivity contribution in [2.75, 3.05) is 12.0 Å². The summed E-state index contributed by atoms with van der Waals surface area (Å²) in [6.07, 6.45) is 0. The first kappa shape index (κ1) is 20.4. The fourth-order valence-corrected chi connectivity index (χ4v) is 4.01. The molecule has 1 heterocycles. The Morgan fingerprint density at radius 1 is 0.935 bits per heavy atom. The van der Waals surface area contributed by atoms with Gasteiger partial charge in [0.05, 0.1) is 18.7 Å². The summed E-state index contributed by atoms with van der Waals surface area (Å²) >= 11 is 0. The predicted molar refractivity (Wildman–Crippen MR) is 120 cm³/mol. The summed E-state index contributed by atoms with van der Waals surface area (Å²) in [6.45, 7) is 3.77. The number of hydrogen-bond donors (Lipinski definition) is 1. The monoisotopic (exact) mass is 413 g/mol. The molecule has 5 heteroatoms. The molecule has 1 fully saturated rings. The maximum Gasteiger partial charge on any atom is 0.300 e. The number of ketones is 1. The lowest BCUT2D eigenvalue weighted by molar-refractivity contribution is -0.132. The molecule has 1 saturated heterocycles. The van der Waals surface area contributed by atoms with Gasteiger partial charge in [-0.3, -0.25) is 14.5 Å². The summed E-state index contributed by atoms with van der Waals surface area (Å²) in [5.74, 6) is -1.07. The van der Waals surface area contributed by atoms with Crippen LogP contribution in [-0.4, -0.2) is 23.9 Å². The molecule has 1 N–H and O–H groups in total. The Kier molecular flexibility index (Phi) is 5.34. The van der Waals surface area contributed by atoms with Gasteiger partial charge in [-0.1, -0.05) is 54.1 Å². The van der Waals surface area contributed by atoms with E-state index in [9.17, 15) is 14.7 Å². The SMILES string of the molecule is COc1ccccc1C1/C(=C(\O)c2cc(C)ccc2C)C(=O)C(=O)N1c1ccccc1. The van der Waals surface area contributed by atoms with E-state index in [2.05, 4.69) is 0 Å². The first-order chi connectivity index (χ1) is 14.9. The quantitative estimate of drug-likeness (QED) is 0.374. The van der Waals surface area contributed by atoms with E-state index in [1.807, 2.05) is 56.3 Å². The van der Waals surface area contributed by atoms with Crippen molar-refractivity contribution in [2.45, 2.75) is 19.9 Å². The van der Waals surface area contributed by atoms with Gasteiger partial charge in [0.1, 0.15) is 11.5 Å². The van der Waals surface area contributed by atoms with E-state index in [0.717, 1.165) is 11.1 Å². The van der Waals surface area contributed by atoms with Gasteiger partial charge in [-0.2, -0.15) is 0 Å². The third-order valence-corrected chi connectivity index (χ3v) is 5.56. The summed E-state index contributed by atoms with van der Waals surface area (Å²) < 4.78 is 5.54. The predicted octanol–water partition coefficient (Wildman–Crippen LogP) is 4.94. The molecule has 156 valence electrons. The molecule has 1 aliphatic rings. The Balaban J connectivity index is 2.02. The third kappa shape index (κ3) is 3.48. The molecule has 0 aromatic heterocycles. The average Bonchev–Trinajstić information content (AvgIpc) is 3.06.